The van der Waals surface area contributed by atoms with Crippen molar-refractivity contribution in [3.8, 4) is 22.3 Å². The van der Waals surface area contributed by atoms with E-state index in [-0.39, 0.29) is 0 Å². The molecule has 4 aliphatic rings. The first-order valence-corrected chi connectivity index (χ1v) is 24.2. The van der Waals surface area contributed by atoms with Crippen LogP contribution in [0.15, 0.2) is 146 Å². The standard InChI is InChI=1S/C52H60Si/c1-5-7-21-39-35-49-45(43-29-17-15-27-41(43)37-23-11-9-12-24-37)31-19-33-47(49)51(39)53(3,4)52-40(22-8-6-2)36-50-46(32-20-34-48(50)52)44-30-18-16-28-42(44)38-25-13-10-14-26-38/h9-20,23-34,39-40,47-52H,5-8,21-22,35-36H2,1-4H3. The summed E-state index contributed by atoms with van der Waals surface area (Å²) in [6, 6.07) is 40.7. The molecule has 0 bridgehead atoms. The Morgan fingerprint density at radius 2 is 0.868 bits per heavy atom. The Balaban J connectivity index is 1.16. The van der Waals surface area contributed by atoms with Crippen molar-refractivity contribution in [3.63, 3.8) is 0 Å². The lowest BCUT2D eigenvalue weighted by Gasteiger charge is -2.47. The van der Waals surface area contributed by atoms with Crippen molar-refractivity contribution in [1.82, 2.24) is 0 Å². The molecular formula is C52H60Si. The highest BCUT2D eigenvalue weighted by atomic mass is 28.3. The minimum atomic E-state index is -1.85. The van der Waals surface area contributed by atoms with Crippen LogP contribution in [0.5, 0.6) is 0 Å². The zero-order chi connectivity index (χ0) is 36.4. The molecule has 1 heteroatoms. The van der Waals surface area contributed by atoms with E-state index < -0.39 is 8.07 Å². The van der Waals surface area contributed by atoms with Gasteiger partial charge in [0.15, 0.2) is 0 Å². The quantitative estimate of drug-likeness (QED) is 0.128. The van der Waals surface area contributed by atoms with Crippen LogP contribution < -0.4 is 0 Å². The molecule has 0 spiro atoms. The zero-order valence-corrected chi connectivity index (χ0v) is 33.6. The topological polar surface area (TPSA) is 0 Å². The number of benzene rings is 4. The summed E-state index contributed by atoms with van der Waals surface area (Å²) in [5.74, 6) is 4.07. The minimum Gasteiger partial charge on any atom is -0.0808 e. The second-order valence-corrected chi connectivity index (χ2v) is 22.3. The second-order valence-electron chi connectivity index (χ2n) is 17.4. The monoisotopic (exact) mass is 712 g/mol. The third kappa shape index (κ3) is 6.84. The Morgan fingerprint density at radius 3 is 1.26 bits per heavy atom. The molecule has 8 atom stereocenters. The second kappa shape index (κ2) is 15.8. The first-order chi connectivity index (χ1) is 26.0. The van der Waals surface area contributed by atoms with Crippen LogP contribution in [0.25, 0.3) is 33.4 Å². The lowest BCUT2D eigenvalue weighted by Crippen LogP contribution is -2.46. The third-order valence-corrected chi connectivity index (χ3v) is 19.3. The number of hydrogen-bond donors (Lipinski definition) is 0. The molecule has 0 amide bonds. The van der Waals surface area contributed by atoms with Gasteiger partial charge in [-0.3, -0.25) is 0 Å². The summed E-state index contributed by atoms with van der Waals surface area (Å²) in [7, 11) is -1.85. The molecule has 272 valence electrons. The van der Waals surface area contributed by atoms with Gasteiger partial charge in [-0.2, -0.15) is 0 Å². The van der Waals surface area contributed by atoms with Crippen molar-refractivity contribution in [1.29, 1.82) is 0 Å². The van der Waals surface area contributed by atoms with E-state index in [2.05, 4.69) is 173 Å². The molecule has 53 heavy (non-hydrogen) atoms. The number of rotatable bonds is 12. The van der Waals surface area contributed by atoms with Gasteiger partial charge < -0.3 is 0 Å². The van der Waals surface area contributed by atoms with Gasteiger partial charge >= 0.3 is 0 Å². The van der Waals surface area contributed by atoms with Gasteiger partial charge in [0.2, 0.25) is 0 Å². The van der Waals surface area contributed by atoms with Crippen molar-refractivity contribution in [2.24, 2.45) is 35.5 Å². The van der Waals surface area contributed by atoms with E-state index in [1.165, 1.54) is 84.7 Å². The van der Waals surface area contributed by atoms with E-state index in [1.807, 2.05) is 0 Å². The Kier molecular flexibility index (Phi) is 10.8. The predicted molar refractivity (Wildman–Crippen MR) is 232 cm³/mol. The Bertz CT molecular complexity index is 1830. The Labute approximate surface area is 321 Å². The summed E-state index contributed by atoms with van der Waals surface area (Å²) in [6.07, 6.45) is 26.1. The maximum atomic E-state index is 2.87. The van der Waals surface area contributed by atoms with Crippen molar-refractivity contribution >= 4 is 19.2 Å². The number of unbranched alkanes of at least 4 members (excludes halogenated alkanes) is 2. The fraction of sp³-hybridized carbons (Fsp3) is 0.385. The average molecular weight is 713 g/mol. The number of hydrogen-bond acceptors (Lipinski definition) is 0. The van der Waals surface area contributed by atoms with Crippen LogP contribution in [0.3, 0.4) is 0 Å². The number of allylic oxidation sites excluding steroid dienone is 8. The van der Waals surface area contributed by atoms with Crippen LogP contribution in [-0.2, 0) is 0 Å². The summed E-state index contributed by atoms with van der Waals surface area (Å²) < 4.78 is 0. The third-order valence-electron chi connectivity index (χ3n) is 14.1. The van der Waals surface area contributed by atoms with Gasteiger partial charge in [-0.05, 0) is 104 Å². The van der Waals surface area contributed by atoms with Crippen LogP contribution in [0, 0.1) is 35.5 Å². The van der Waals surface area contributed by atoms with Crippen molar-refractivity contribution < 1.29 is 0 Å². The highest BCUT2D eigenvalue weighted by Gasteiger charge is 2.59. The minimum absolute atomic E-state index is 0.602. The summed E-state index contributed by atoms with van der Waals surface area (Å²) in [6.45, 7) is 10.5. The molecular weight excluding hydrogens is 653 g/mol. The Morgan fingerprint density at radius 1 is 0.491 bits per heavy atom. The SMILES string of the molecule is CCCCC1CC2C(c3ccccc3-c3ccccc3)=CC=CC2C1[Si](C)(C)C1C(CCCC)CC2C(c3ccccc3-c3ccccc3)=CC=CC21. The van der Waals surface area contributed by atoms with Crippen LogP contribution in [0.2, 0.25) is 24.2 Å². The van der Waals surface area contributed by atoms with Gasteiger partial charge in [0.1, 0.15) is 0 Å². The van der Waals surface area contributed by atoms with E-state index in [4.69, 9.17) is 0 Å². The largest absolute Gasteiger partial charge is 0.0808 e. The van der Waals surface area contributed by atoms with Gasteiger partial charge in [0.05, 0.1) is 8.07 Å². The van der Waals surface area contributed by atoms with E-state index in [9.17, 15) is 0 Å². The molecule has 0 heterocycles. The molecule has 4 aromatic rings. The van der Waals surface area contributed by atoms with Crippen molar-refractivity contribution in [2.45, 2.75) is 89.4 Å². The van der Waals surface area contributed by atoms with E-state index >= 15 is 0 Å². The highest BCUT2D eigenvalue weighted by molar-refractivity contribution is 6.80. The fourth-order valence-electron chi connectivity index (χ4n) is 12.1. The van der Waals surface area contributed by atoms with E-state index in [1.54, 1.807) is 11.1 Å². The van der Waals surface area contributed by atoms with Gasteiger partial charge in [-0.15, -0.1) is 0 Å². The lowest BCUT2D eigenvalue weighted by molar-refractivity contribution is 0.421. The molecule has 0 radical (unpaired) electrons. The van der Waals surface area contributed by atoms with E-state index in [0.29, 0.717) is 23.7 Å². The zero-order valence-electron chi connectivity index (χ0n) is 32.6. The van der Waals surface area contributed by atoms with Crippen molar-refractivity contribution in [3.05, 3.63) is 157 Å². The van der Waals surface area contributed by atoms with Crippen LogP contribution in [0.4, 0.5) is 0 Å². The Hall–Kier alpha value is -3.94. The van der Waals surface area contributed by atoms with E-state index in [0.717, 1.165) is 22.9 Å². The molecule has 8 rings (SSSR count). The van der Waals surface area contributed by atoms with Crippen LogP contribution in [0.1, 0.15) is 76.3 Å². The predicted octanol–water partition coefficient (Wildman–Crippen LogP) is 15.0. The van der Waals surface area contributed by atoms with Gasteiger partial charge in [0, 0.05) is 0 Å². The summed E-state index contributed by atoms with van der Waals surface area (Å²) in [4.78, 5) is 0. The molecule has 8 unspecified atom stereocenters. The molecule has 0 aliphatic heterocycles. The molecule has 0 nitrogen and oxygen atoms in total. The summed E-state index contributed by atoms with van der Waals surface area (Å²) >= 11 is 0. The molecule has 4 aromatic carbocycles. The smallest absolute Gasteiger partial charge is 0.0553 e. The van der Waals surface area contributed by atoms with Crippen LogP contribution in [-0.4, -0.2) is 8.07 Å². The molecule has 4 aliphatic carbocycles. The highest BCUT2D eigenvalue weighted by Crippen LogP contribution is 2.66. The molecule has 2 saturated carbocycles. The first kappa shape index (κ1) is 36.1. The van der Waals surface area contributed by atoms with Crippen molar-refractivity contribution in [2.75, 3.05) is 0 Å². The summed E-state index contributed by atoms with van der Waals surface area (Å²) in [5, 5.41) is 0. The fourth-order valence-corrected chi connectivity index (χ4v) is 18.3. The maximum Gasteiger partial charge on any atom is 0.0553 e. The maximum absolute atomic E-state index is 2.87. The molecule has 0 aromatic heterocycles. The molecule has 0 saturated heterocycles. The van der Waals surface area contributed by atoms with Crippen LogP contribution >= 0.6 is 0 Å². The lowest BCUT2D eigenvalue weighted by atomic mass is 9.79. The normalized spacial score (nSPS) is 27.6. The van der Waals surface area contributed by atoms with Gasteiger partial charge in [0.25, 0.3) is 0 Å². The van der Waals surface area contributed by atoms with Gasteiger partial charge in [-0.1, -0.05) is 211 Å². The average Bonchev–Trinajstić information content (AvgIpc) is 3.79. The number of fused-ring (bicyclic) bond motifs is 2. The summed E-state index contributed by atoms with van der Waals surface area (Å²) in [5.41, 5.74) is 13.1. The molecule has 0 N–H and O–H groups in total. The first-order valence-electron chi connectivity index (χ1n) is 21.1. The molecule has 2 fully saturated rings. The van der Waals surface area contributed by atoms with Gasteiger partial charge in [-0.25, -0.2) is 0 Å².